The number of phenolic OH excluding ortho intramolecular Hbond substituents is 1. The quantitative estimate of drug-likeness (QED) is 0.721. The van der Waals surface area contributed by atoms with E-state index >= 15 is 0 Å². The lowest BCUT2D eigenvalue weighted by Crippen LogP contribution is -2.28. The van der Waals surface area contributed by atoms with Crippen LogP contribution in [0.1, 0.15) is 29.8 Å². The van der Waals surface area contributed by atoms with Crippen LogP contribution in [0.25, 0.3) is 0 Å². The molecular weight excluding hydrogens is 194 g/mol. The molecule has 1 rings (SSSR count). The molecule has 0 amide bonds. The Kier molecular flexibility index (Phi) is 3.00. The van der Waals surface area contributed by atoms with E-state index < -0.39 is 11.5 Å². The Morgan fingerprint density at radius 3 is 2.47 bits per heavy atom. The standard InChI is InChI=1S/C11H15NO3/c1-11(2,12)7-4-5-8(9(13)6-7)10(14)15-3/h4-6,13H,12H2,1-3H3. The highest BCUT2D eigenvalue weighted by molar-refractivity contribution is 5.92. The molecule has 0 heterocycles. The summed E-state index contributed by atoms with van der Waals surface area (Å²) in [4.78, 5) is 11.2. The number of hydrogen-bond donors (Lipinski definition) is 2. The van der Waals surface area contributed by atoms with Gasteiger partial charge in [0.05, 0.1) is 7.11 Å². The van der Waals surface area contributed by atoms with Crippen molar-refractivity contribution in [3.8, 4) is 5.75 Å². The van der Waals surface area contributed by atoms with Crippen molar-refractivity contribution in [2.45, 2.75) is 19.4 Å². The monoisotopic (exact) mass is 209 g/mol. The summed E-state index contributed by atoms with van der Waals surface area (Å²) in [5.74, 6) is -0.674. The van der Waals surface area contributed by atoms with E-state index in [4.69, 9.17) is 5.73 Å². The van der Waals surface area contributed by atoms with Crippen LogP contribution < -0.4 is 5.73 Å². The zero-order chi connectivity index (χ0) is 11.6. The summed E-state index contributed by atoms with van der Waals surface area (Å²) in [6, 6.07) is 4.68. The lowest BCUT2D eigenvalue weighted by molar-refractivity contribution is 0.0597. The fraction of sp³-hybridized carbons (Fsp3) is 0.364. The van der Waals surface area contributed by atoms with Crippen LogP contribution in [-0.4, -0.2) is 18.2 Å². The molecule has 0 aliphatic heterocycles. The smallest absolute Gasteiger partial charge is 0.341 e. The third-order valence-corrected chi connectivity index (χ3v) is 2.15. The number of aromatic hydroxyl groups is 1. The molecule has 4 heteroatoms. The predicted octanol–water partition coefficient (Wildman–Crippen LogP) is 1.37. The number of rotatable bonds is 2. The minimum absolute atomic E-state index is 0.113. The Bertz CT molecular complexity index is 380. The number of hydrogen-bond acceptors (Lipinski definition) is 4. The number of benzene rings is 1. The zero-order valence-corrected chi connectivity index (χ0v) is 9.07. The van der Waals surface area contributed by atoms with Crippen molar-refractivity contribution < 1.29 is 14.6 Å². The Balaban J connectivity index is 3.15. The molecule has 0 fully saturated rings. The SMILES string of the molecule is COC(=O)c1ccc(C(C)(C)N)cc1O. The number of methoxy groups -OCH3 is 1. The predicted molar refractivity (Wildman–Crippen MR) is 56.7 cm³/mol. The molecule has 0 saturated carbocycles. The van der Waals surface area contributed by atoms with Crippen LogP contribution in [-0.2, 0) is 10.3 Å². The second kappa shape index (κ2) is 3.90. The maximum atomic E-state index is 11.2. The first-order valence-corrected chi connectivity index (χ1v) is 4.57. The Morgan fingerprint density at radius 1 is 1.47 bits per heavy atom. The van der Waals surface area contributed by atoms with Crippen LogP contribution in [0.5, 0.6) is 5.75 Å². The van der Waals surface area contributed by atoms with E-state index in [9.17, 15) is 9.90 Å². The van der Waals surface area contributed by atoms with E-state index in [1.807, 2.05) is 13.8 Å². The second-order valence-electron chi connectivity index (χ2n) is 3.95. The molecule has 0 aromatic heterocycles. The molecule has 1 aromatic rings. The first kappa shape index (κ1) is 11.5. The summed E-state index contributed by atoms with van der Waals surface area (Å²) in [5.41, 5.74) is 6.21. The van der Waals surface area contributed by atoms with Crippen molar-refractivity contribution in [1.29, 1.82) is 0 Å². The van der Waals surface area contributed by atoms with Gasteiger partial charge in [-0.05, 0) is 31.5 Å². The van der Waals surface area contributed by atoms with Gasteiger partial charge in [0.2, 0.25) is 0 Å². The molecule has 4 nitrogen and oxygen atoms in total. The van der Waals surface area contributed by atoms with E-state index in [0.717, 1.165) is 5.56 Å². The van der Waals surface area contributed by atoms with E-state index in [-0.39, 0.29) is 11.3 Å². The average molecular weight is 209 g/mol. The van der Waals surface area contributed by atoms with E-state index in [0.29, 0.717) is 0 Å². The van der Waals surface area contributed by atoms with Crippen molar-refractivity contribution in [1.82, 2.24) is 0 Å². The van der Waals surface area contributed by atoms with Gasteiger partial charge in [0.15, 0.2) is 0 Å². The van der Waals surface area contributed by atoms with E-state index in [1.165, 1.54) is 19.2 Å². The molecule has 1 aromatic carbocycles. The largest absolute Gasteiger partial charge is 0.507 e. The van der Waals surface area contributed by atoms with Crippen LogP contribution in [0.4, 0.5) is 0 Å². The summed E-state index contributed by atoms with van der Waals surface area (Å²) >= 11 is 0. The highest BCUT2D eigenvalue weighted by Gasteiger charge is 2.18. The normalized spacial score (nSPS) is 11.2. The van der Waals surface area contributed by atoms with Crippen molar-refractivity contribution in [3.63, 3.8) is 0 Å². The first-order valence-electron chi connectivity index (χ1n) is 4.57. The topological polar surface area (TPSA) is 72.5 Å². The second-order valence-corrected chi connectivity index (χ2v) is 3.95. The van der Waals surface area contributed by atoms with Crippen molar-refractivity contribution in [2.24, 2.45) is 5.73 Å². The van der Waals surface area contributed by atoms with Crippen molar-refractivity contribution in [2.75, 3.05) is 7.11 Å². The molecular formula is C11H15NO3. The number of phenols is 1. The summed E-state index contributed by atoms with van der Waals surface area (Å²) in [6.07, 6.45) is 0. The molecule has 0 aliphatic rings. The van der Waals surface area contributed by atoms with Gasteiger partial charge in [0, 0.05) is 5.54 Å². The maximum Gasteiger partial charge on any atom is 0.341 e. The van der Waals surface area contributed by atoms with Gasteiger partial charge in [-0.3, -0.25) is 0 Å². The van der Waals surface area contributed by atoms with E-state index in [2.05, 4.69) is 4.74 Å². The van der Waals surface area contributed by atoms with E-state index in [1.54, 1.807) is 6.07 Å². The number of carbonyl (C=O) groups is 1. The Labute approximate surface area is 88.7 Å². The third kappa shape index (κ3) is 2.47. The fourth-order valence-corrected chi connectivity index (χ4v) is 1.22. The first-order chi connectivity index (χ1) is 6.86. The molecule has 0 unspecified atom stereocenters. The van der Waals surface area contributed by atoms with Crippen LogP contribution >= 0.6 is 0 Å². The van der Waals surface area contributed by atoms with Crippen LogP contribution in [0.15, 0.2) is 18.2 Å². The summed E-state index contributed by atoms with van der Waals surface area (Å²) < 4.78 is 4.51. The zero-order valence-electron chi connectivity index (χ0n) is 9.07. The molecule has 0 aliphatic carbocycles. The van der Waals surface area contributed by atoms with Gasteiger partial charge in [-0.15, -0.1) is 0 Å². The average Bonchev–Trinajstić information content (AvgIpc) is 2.15. The number of ether oxygens (including phenoxy) is 1. The minimum Gasteiger partial charge on any atom is -0.507 e. The van der Waals surface area contributed by atoms with Gasteiger partial charge < -0.3 is 15.6 Å². The van der Waals surface area contributed by atoms with Gasteiger partial charge in [-0.2, -0.15) is 0 Å². The highest BCUT2D eigenvalue weighted by Crippen LogP contribution is 2.25. The molecule has 0 bridgehead atoms. The molecule has 0 saturated heterocycles. The van der Waals surface area contributed by atoms with Crippen molar-refractivity contribution >= 4 is 5.97 Å². The molecule has 3 N–H and O–H groups in total. The molecule has 15 heavy (non-hydrogen) atoms. The third-order valence-electron chi connectivity index (χ3n) is 2.15. The van der Waals surface area contributed by atoms with Gasteiger partial charge in [0.1, 0.15) is 11.3 Å². The number of carbonyl (C=O) groups excluding carboxylic acids is 1. The molecule has 0 radical (unpaired) electrons. The fourth-order valence-electron chi connectivity index (χ4n) is 1.22. The molecule has 0 spiro atoms. The molecule has 82 valence electrons. The number of nitrogens with two attached hydrogens (primary N) is 1. The Morgan fingerprint density at radius 2 is 2.07 bits per heavy atom. The van der Waals surface area contributed by atoms with Crippen LogP contribution in [0, 0.1) is 0 Å². The summed E-state index contributed by atoms with van der Waals surface area (Å²) in [7, 11) is 1.27. The summed E-state index contributed by atoms with van der Waals surface area (Å²) in [6.45, 7) is 3.64. The van der Waals surface area contributed by atoms with Crippen molar-refractivity contribution in [3.05, 3.63) is 29.3 Å². The Hall–Kier alpha value is -1.55. The van der Waals surface area contributed by atoms with Gasteiger partial charge in [-0.1, -0.05) is 6.07 Å². The lowest BCUT2D eigenvalue weighted by Gasteiger charge is -2.19. The van der Waals surface area contributed by atoms with Crippen LogP contribution in [0.2, 0.25) is 0 Å². The van der Waals surface area contributed by atoms with Crippen LogP contribution in [0.3, 0.4) is 0 Å². The lowest BCUT2D eigenvalue weighted by atomic mass is 9.94. The van der Waals surface area contributed by atoms with Gasteiger partial charge >= 0.3 is 5.97 Å². The molecule has 0 atom stereocenters. The van der Waals surface area contributed by atoms with Gasteiger partial charge in [0.25, 0.3) is 0 Å². The highest BCUT2D eigenvalue weighted by atomic mass is 16.5. The number of esters is 1. The summed E-state index contributed by atoms with van der Waals surface area (Å²) in [5, 5.41) is 9.60. The maximum absolute atomic E-state index is 11.2. The minimum atomic E-state index is -0.561. The van der Waals surface area contributed by atoms with Gasteiger partial charge in [-0.25, -0.2) is 4.79 Å².